The van der Waals surface area contributed by atoms with Crippen LogP contribution in [0, 0.1) is 0 Å². The van der Waals surface area contributed by atoms with E-state index in [1.165, 1.54) is 9.78 Å². The molecule has 1 aliphatic rings. The molecule has 0 bridgehead atoms. The molecule has 0 radical (unpaired) electrons. The van der Waals surface area contributed by atoms with Crippen molar-refractivity contribution in [3.8, 4) is 0 Å². The van der Waals surface area contributed by atoms with E-state index in [9.17, 15) is 4.79 Å². The molecule has 1 atom stereocenters. The van der Waals surface area contributed by atoms with Gasteiger partial charge in [-0.15, -0.1) is 11.3 Å². The minimum atomic E-state index is -0.410. The highest BCUT2D eigenvalue weighted by molar-refractivity contribution is 9.12. The summed E-state index contributed by atoms with van der Waals surface area (Å²) < 4.78 is -0.410. The van der Waals surface area contributed by atoms with E-state index in [1.807, 2.05) is 11.4 Å². The highest BCUT2D eigenvalue weighted by Crippen LogP contribution is 2.50. The Morgan fingerprint density at radius 1 is 1.62 bits per heavy atom. The lowest BCUT2D eigenvalue weighted by molar-refractivity contribution is -0.107. The molecule has 0 amide bonds. The number of carbonyl (C=O) groups excluding carboxylic acids is 1. The van der Waals surface area contributed by atoms with E-state index in [4.69, 9.17) is 0 Å². The SMILES string of the molecule is O=CC1(Br)CC=C(c2cccs2)S1. The van der Waals surface area contributed by atoms with Gasteiger partial charge in [0, 0.05) is 9.78 Å². The lowest BCUT2D eigenvalue weighted by Crippen LogP contribution is -2.12. The molecule has 4 heteroatoms. The predicted molar refractivity (Wildman–Crippen MR) is 62.2 cm³/mol. The number of alkyl halides is 1. The molecule has 0 N–H and O–H groups in total. The van der Waals surface area contributed by atoms with Crippen molar-refractivity contribution < 1.29 is 4.79 Å². The van der Waals surface area contributed by atoms with Gasteiger partial charge >= 0.3 is 0 Å². The third kappa shape index (κ3) is 1.90. The molecular formula is C9H7BrOS2. The minimum Gasteiger partial charge on any atom is -0.301 e. The molecule has 1 unspecified atom stereocenters. The highest BCUT2D eigenvalue weighted by Gasteiger charge is 2.33. The molecule has 68 valence electrons. The van der Waals surface area contributed by atoms with E-state index >= 15 is 0 Å². The van der Waals surface area contributed by atoms with Crippen molar-refractivity contribution in [2.45, 2.75) is 10.1 Å². The number of carbonyl (C=O) groups is 1. The Bertz CT molecular complexity index is 345. The van der Waals surface area contributed by atoms with Crippen LogP contribution in [0.4, 0.5) is 0 Å². The summed E-state index contributed by atoms with van der Waals surface area (Å²) >= 11 is 6.71. The first-order chi connectivity index (χ1) is 6.23. The van der Waals surface area contributed by atoms with Crippen LogP contribution in [0.1, 0.15) is 11.3 Å². The summed E-state index contributed by atoms with van der Waals surface area (Å²) in [5, 5.41) is 2.05. The molecule has 0 saturated carbocycles. The Hall–Kier alpha value is -0.0600. The molecule has 1 aromatic heterocycles. The maximum atomic E-state index is 10.7. The molecule has 1 aliphatic heterocycles. The topological polar surface area (TPSA) is 17.1 Å². The van der Waals surface area contributed by atoms with Crippen molar-refractivity contribution >= 4 is 50.2 Å². The van der Waals surface area contributed by atoms with Crippen molar-refractivity contribution in [3.63, 3.8) is 0 Å². The summed E-state index contributed by atoms with van der Waals surface area (Å²) in [5.41, 5.74) is 0. The van der Waals surface area contributed by atoms with Gasteiger partial charge < -0.3 is 4.79 Å². The van der Waals surface area contributed by atoms with Crippen molar-refractivity contribution in [1.29, 1.82) is 0 Å². The van der Waals surface area contributed by atoms with Crippen molar-refractivity contribution in [2.24, 2.45) is 0 Å². The van der Waals surface area contributed by atoms with Gasteiger partial charge in [-0.3, -0.25) is 0 Å². The number of rotatable bonds is 2. The normalized spacial score (nSPS) is 27.3. The van der Waals surface area contributed by atoms with E-state index in [0.29, 0.717) is 0 Å². The Morgan fingerprint density at radius 2 is 2.46 bits per heavy atom. The van der Waals surface area contributed by atoms with Crippen LogP contribution < -0.4 is 0 Å². The first kappa shape index (κ1) is 9.49. The fourth-order valence-corrected chi connectivity index (χ4v) is 3.67. The van der Waals surface area contributed by atoms with Crippen LogP contribution in [0.15, 0.2) is 23.6 Å². The van der Waals surface area contributed by atoms with E-state index in [0.717, 1.165) is 12.7 Å². The zero-order chi connectivity index (χ0) is 9.31. The Morgan fingerprint density at radius 3 is 3.00 bits per heavy atom. The summed E-state index contributed by atoms with van der Waals surface area (Å²) in [6, 6.07) is 4.10. The quantitative estimate of drug-likeness (QED) is 0.607. The summed E-state index contributed by atoms with van der Waals surface area (Å²) in [7, 11) is 0. The number of hydrogen-bond acceptors (Lipinski definition) is 3. The number of thioether (sulfide) groups is 1. The molecule has 2 heterocycles. The number of allylic oxidation sites excluding steroid dienone is 1. The van der Waals surface area contributed by atoms with Gasteiger partial charge in [-0.2, -0.15) is 0 Å². The third-order valence-corrected chi connectivity index (χ3v) is 5.02. The maximum absolute atomic E-state index is 10.7. The smallest absolute Gasteiger partial charge is 0.147 e. The van der Waals surface area contributed by atoms with Gasteiger partial charge in [0.25, 0.3) is 0 Å². The molecule has 1 aromatic rings. The average molecular weight is 275 g/mol. The van der Waals surface area contributed by atoms with Gasteiger partial charge in [-0.25, -0.2) is 0 Å². The molecule has 2 rings (SSSR count). The predicted octanol–water partition coefficient (Wildman–Crippen LogP) is 3.52. The van der Waals surface area contributed by atoms with Crippen LogP contribution in [0.2, 0.25) is 0 Å². The Balaban J connectivity index is 2.19. The van der Waals surface area contributed by atoms with Gasteiger partial charge in [0.2, 0.25) is 0 Å². The highest BCUT2D eigenvalue weighted by atomic mass is 79.9. The Kier molecular flexibility index (Phi) is 2.62. The monoisotopic (exact) mass is 274 g/mol. The average Bonchev–Trinajstić information content (AvgIpc) is 2.73. The largest absolute Gasteiger partial charge is 0.301 e. The van der Waals surface area contributed by atoms with Crippen LogP contribution in [0.25, 0.3) is 4.91 Å². The molecule has 13 heavy (non-hydrogen) atoms. The van der Waals surface area contributed by atoms with Gasteiger partial charge in [-0.05, 0) is 17.9 Å². The first-order valence-electron chi connectivity index (χ1n) is 3.82. The molecular weight excluding hydrogens is 268 g/mol. The molecule has 0 spiro atoms. The second-order valence-corrected chi connectivity index (χ2v) is 7.02. The zero-order valence-electron chi connectivity index (χ0n) is 6.70. The van der Waals surface area contributed by atoms with E-state index < -0.39 is 3.66 Å². The molecule has 0 saturated heterocycles. The number of hydrogen-bond donors (Lipinski definition) is 0. The van der Waals surface area contributed by atoms with Gasteiger partial charge in [0.15, 0.2) is 0 Å². The van der Waals surface area contributed by atoms with Crippen LogP contribution in [0.3, 0.4) is 0 Å². The fraction of sp³-hybridized carbons (Fsp3) is 0.222. The second kappa shape index (κ2) is 3.59. The van der Waals surface area contributed by atoms with Gasteiger partial charge in [-0.1, -0.05) is 39.8 Å². The fourth-order valence-electron chi connectivity index (χ4n) is 1.14. The lowest BCUT2D eigenvalue weighted by atomic mass is 10.3. The molecule has 1 nitrogen and oxygen atoms in total. The third-order valence-electron chi connectivity index (χ3n) is 1.79. The first-order valence-corrected chi connectivity index (χ1v) is 6.31. The van der Waals surface area contributed by atoms with Crippen LogP contribution >= 0.6 is 39.0 Å². The van der Waals surface area contributed by atoms with Crippen LogP contribution in [-0.4, -0.2) is 9.94 Å². The summed E-state index contributed by atoms with van der Waals surface area (Å²) in [6.07, 6.45) is 3.85. The van der Waals surface area contributed by atoms with E-state index in [-0.39, 0.29) is 0 Å². The van der Waals surface area contributed by atoms with Gasteiger partial charge in [0.05, 0.1) is 0 Å². The van der Waals surface area contributed by atoms with E-state index in [2.05, 4.69) is 28.1 Å². The van der Waals surface area contributed by atoms with Crippen molar-refractivity contribution in [1.82, 2.24) is 0 Å². The summed E-state index contributed by atoms with van der Waals surface area (Å²) in [6.45, 7) is 0. The standard InChI is InChI=1S/C9H7BrOS2/c10-9(6-11)4-3-8(13-9)7-2-1-5-12-7/h1-3,5-6H,4H2. The van der Waals surface area contributed by atoms with Crippen LogP contribution in [-0.2, 0) is 4.79 Å². The zero-order valence-corrected chi connectivity index (χ0v) is 9.92. The molecule has 0 aromatic carbocycles. The number of aldehydes is 1. The number of thiophene rings is 1. The Labute approximate surface area is 93.4 Å². The number of halogens is 1. The minimum absolute atomic E-state index is 0.410. The summed E-state index contributed by atoms with van der Waals surface area (Å²) in [5.74, 6) is 0. The summed E-state index contributed by atoms with van der Waals surface area (Å²) in [4.78, 5) is 13.2. The molecule has 0 fully saturated rings. The van der Waals surface area contributed by atoms with Crippen molar-refractivity contribution in [3.05, 3.63) is 28.5 Å². The molecule has 0 aliphatic carbocycles. The maximum Gasteiger partial charge on any atom is 0.147 e. The second-order valence-electron chi connectivity index (χ2n) is 2.76. The van der Waals surface area contributed by atoms with Gasteiger partial charge in [0.1, 0.15) is 9.94 Å². The van der Waals surface area contributed by atoms with E-state index in [1.54, 1.807) is 23.1 Å². The van der Waals surface area contributed by atoms with Crippen LogP contribution in [0.5, 0.6) is 0 Å². The van der Waals surface area contributed by atoms with Crippen molar-refractivity contribution in [2.75, 3.05) is 0 Å². The lowest BCUT2D eigenvalue weighted by Gasteiger charge is -2.11.